The average molecular weight is 265 g/mol. The molecule has 3 unspecified atom stereocenters. The van der Waals surface area contributed by atoms with Crippen molar-refractivity contribution in [1.29, 1.82) is 5.26 Å². The monoisotopic (exact) mass is 265 g/mol. The van der Waals surface area contributed by atoms with E-state index in [-0.39, 0.29) is 18.0 Å². The molecular weight excluding hydrogens is 250 g/mol. The summed E-state index contributed by atoms with van der Waals surface area (Å²) in [5.74, 6) is 1.21. The van der Waals surface area contributed by atoms with E-state index in [4.69, 9.17) is 4.74 Å². The van der Waals surface area contributed by atoms with Gasteiger partial charge in [0, 0.05) is 16.9 Å². The number of hydrazine groups is 1. The van der Waals surface area contributed by atoms with E-state index in [0.29, 0.717) is 6.61 Å². The summed E-state index contributed by atoms with van der Waals surface area (Å²) in [6.45, 7) is 0.656. The van der Waals surface area contributed by atoms with E-state index in [1.54, 1.807) is 0 Å². The van der Waals surface area contributed by atoms with Crippen LogP contribution >= 0.6 is 0 Å². The Morgan fingerprint density at radius 1 is 1.15 bits per heavy atom. The van der Waals surface area contributed by atoms with E-state index in [2.05, 4.69) is 41.2 Å². The summed E-state index contributed by atoms with van der Waals surface area (Å²) in [5, 5.41) is 11.6. The summed E-state index contributed by atoms with van der Waals surface area (Å²) in [7, 11) is 0. The normalized spacial score (nSPS) is 28.1. The third-order valence-electron chi connectivity index (χ3n) is 4.33. The van der Waals surface area contributed by atoms with Crippen LogP contribution in [0.15, 0.2) is 36.4 Å². The number of nitrogens with zero attached hydrogens (tertiary/aromatic N) is 1. The van der Waals surface area contributed by atoms with E-state index in [1.807, 2.05) is 12.1 Å². The van der Waals surface area contributed by atoms with Crippen molar-refractivity contribution in [2.45, 2.75) is 18.5 Å². The molecule has 2 aromatic rings. The van der Waals surface area contributed by atoms with Gasteiger partial charge in [-0.15, -0.1) is 0 Å². The van der Waals surface area contributed by atoms with E-state index in [9.17, 15) is 5.26 Å². The standard InChI is InChI=1S/C16H15N3O/c17-9-14-12-7-8-20-16-11-4-2-1-3-10(11)5-6-13(16)15(12)19-18-14/h1-6,12,14-15,18-19H,7-8H2. The third-order valence-corrected chi connectivity index (χ3v) is 4.33. The Kier molecular flexibility index (Phi) is 2.62. The van der Waals surface area contributed by atoms with Gasteiger partial charge < -0.3 is 4.74 Å². The lowest BCUT2D eigenvalue weighted by Crippen LogP contribution is -2.31. The maximum atomic E-state index is 9.22. The fourth-order valence-electron chi connectivity index (χ4n) is 3.32. The highest BCUT2D eigenvalue weighted by Gasteiger charge is 2.39. The summed E-state index contributed by atoms with van der Waals surface area (Å²) in [6, 6.07) is 14.8. The fraction of sp³-hybridized carbons (Fsp3) is 0.312. The molecule has 1 saturated heterocycles. The van der Waals surface area contributed by atoms with E-state index >= 15 is 0 Å². The van der Waals surface area contributed by atoms with Gasteiger partial charge in [0.15, 0.2) is 0 Å². The molecular formula is C16H15N3O. The van der Waals surface area contributed by atoms with Crippen molar-refractivity contribution in [3.63, 3.8) is 0 Å². The molecule has 0 amide bonds. The number of benzene rings is 2. The van der Waals surface area contributed by atoms with Gasteiger partial charge in [0.2, 0.25) is 0 Å². The minimum Gasteiger partial charge on any atom is -0.493 e. The molecule has 20 heavy (non-hydrogen) atoms. The van der Waals surface area contributed by atoms with Crippen LogP contribution in [0.1, 0.15) is 18.0 Å². The zero-order valence-corrected chi connectivity index (χ0v) is 11.0. The quantitative estimate of drug-likeness (QED) is 0.767. The first kappa shape index (κ1) is 11.7. The Labute approximate surface area is 117 Å². The number of hydrogen-bond acceptors (Lipinski definition) is 4. The molecule has 0 bridgehead atoms. The molecule has 4 nitrogen and oxygen atoms in total. The van der Waals surface area contributed by atoms with Gasteiger partial charge in [-0.3, -0.25) is 0 Å². The molecule has 0 aliphatic carbocycles. The van der Waals surface area contributed by atoms with Crippen LogP contribution < -0.4 is 15.6 Å². The molecule has 0 saturated carbocycles. The summed E-state index contributed by atoms with van der Waals surface area (Å²) in [6.07, 6.45) is 0.881. The van der Waals surface area contributed by atoms with Crippen LogP contribution in [0.25, 0.3) is 10.8 Å². The highest BCUT2D eigenvalue weighted by atomic mass is 16.5. The number of nitriles is 1. The molecule has 2 N–H and O–H groups in total. The maximum absolute atomic E-state index is 9.22. The highest BCUT2D eigenvalue weighted by molar-refractivity contribution is 5.89. The lowest BCUT2D eigenvalue weighted by atomic mass is 9.87. The van der Waals surface area contributed by atoms with E-state index in [0.717, 1.165) is 23.1 Å². The van der Waals surface area contributed by atoms with Crippen molar-refractivity contribution in [2.75, 3.05) is 6.61 Å². The largest absolute Gasteiger partial charge is 0.493 e. The lowest BCUT2D eigenvalue weighted by molar-refractivity contribution is 0.291. The predicted molar refractivity (Wildman–Crippen MR) is 76.0 cm³/mol. The summed E-state index contributed by atoms with van der Waals surface area (Å²) < 4.78 is 6.01. The van der Waals surface area contributed by atoms with Crippen LogP contribution in [0.2, 0.25) is 0 Å². The van der Waals surface area contributed by atoms with Gasteiger partial charge in [-0.2, -0.15) is 5.26 Å². The fourth-order valence-corrected chi connectivity index (χ4v) is 3.32. The Hall–Kier alpha value is -2.09. The summed E-state index contributed by atoms with van der Waals surface area (Å²) in [4.78, 5) is 0. The molecule has 3 atom stereocenters. The first-order valence-corrected chi connectivity index (χ1v) is 6.93. The zero-order chi connectivity index (χ0) is 13.5. The van der Waals surface area contributed by atoms with Crippen molar-refractivity contribution < 1.29 is 4.74 Å². The molecule has 4 rings (SSSR count). The number of hydrogen-bond donors (Lipinski definition) is 2. The van der Waals surface area contributed by atoms with Gasteiger partial charge >= 0.3 is 0 Å². The molecule has 1 fully saturated rings. The molecule has 2 aliphatic heterocycles. The van der Waals surface area contributed by atoms with Crippen molar-refractivity contribution in [2.24, 2.45) is 5.92 Å². The second-order valence-electron chi connectivity index (χ2n) is 5.38. The second kappa shape index (κ2) is 4.48. The van der Waals surface area contributed by atoms with Gasteiger partial charge in [0.05, 0.1) is 18.7 Å². The SMILES string of the molecule is N#CC1NNC2c3ccc4ccccc4c3OCCC12. The molecule has 0 spiro atoms. The molecule has 2 aliphatic rings. The first-order chi connectivity index (χ1) is 9.88. The minimum absolute atomic E-state index is 0.141. The number of ether oxygens (including phenoxy) is 1. The third kappa shape index (κ3) is 1.61. The number of fused-ring (bicyclic) bond motifs is 5. The second-order valence-corrected chi connectivity index (χ2v) is 5.38. The highest BCUT2D eigenvalue weighted by Crippen LogP contribution is 2.42. The van der Waals surface area contributed by atoms with Crippen molar-refractivity contribution in [1.82, 2.24) is 10.9 Å². The van der Waals surface area contributed by atoms with Crippen LogP contribution in [0.5, 0.6) is 5.75 Å². The van der Waals surface area contributed by atoms with Gasteiger partial charge in [0.1, 0.15) is 11.8 Å². The van der Waals surface area contributed by atoms with E-state index in [1.165, 1.54) is 5.39 Å². The van der Waals surface area contributed by atoms with Gasteiger partial charge in [-0.25, -0.2) is 10.9 Å². The molecule has 2 aromatic carbocycles. The lowest BCUT2D eigenvalue weighted by Gasteiger charge is -2.17. The molecule has 0 aromatic heterocycles. The molecule has 0 radical (unpaired) electrons. The Bertz CT molecular complexity index is 706. The Balaban J connectivity index is 1.89. The Morgan fingerprint density at radius 2 is 2.05 bits per heavy atom. The Morgan fingerprint density at radius 3 is 2.95 bits per heavy atom. The molecule has 4 heteroatoms. The van der Waals surface area contributed by atoms with Crippen molar-refractivity contribution in [3.8, 4) is 11.8 Å². The average Bonchev–Trinajstić information content (AvgIpc) is 2.81. The number of nitrogens with one attached hydrogen (secondary N) is 2. The van der Waals surface area contributed by atoms with Crippen LogP contribution in [-0.4, -0.2) is 12.6 Å². The number of rotatable bonds is 0. The van der Waals surface area contributed by atoms with E-state index < -0.39 is 0 Å². The van der Waals surface area contributed by atoms with Crippen LogP contribution in [0.3, 0.4) is 0 Å². The van der Waals surface area contributed by atoms with Crippen LogP contribution in [0, 0.1) is 17.2 Å². The van der Waals surface area contributed by atoms with Gasteiger partial charge in [-0.1, -0.05) is 36.4 Å². The van der Waals surface area contributed by atoms with Crippen LogP contribution in [-0.2, 0) is 0 Å². The van der Waals surface area contributed by atoms with Gasteiger partial charge in [-0.05, 0) is 11.8 Å². The molecule has 100 valence electrons. The van der Waals surface area contributed by atoms with Crippen LogP contribution in [0.4, 0.5) is 0 Å². The minimum atomic E-state index is -0.152. The maximum Gasteiger partial charge on any atom is 0.131 e. The predicted octanol–water partition coefficient (Wildman–Crippen LogP) is 2.28. The smallest absolute Gasteiger partial charge is 0.131 e. The summed E-state index contributed by atoms with van der Waals surface area (Å²) in [5.41, 5.74) is 7.52. The first-order valence-electron chi connectivity index (χ1n) is 6.93. The zero-order valence-electron chi connectivity index (χ0n) is 11.0. The van der Waals surface area contributed by atoms with Crippen molar-refractivity contribution >= 4 is 10.8 Å². The topological polar surface area (TPSA) is 57.1 Å². The van der Waals surface area contributed by atoms with Crippen molar-refractivity contribution in [3.05, 3.63) is 42.0 Å². The summed E-state index contributed by atoms with van der Waals surface area (Å²) >= 11 is 0. The molecule has 2 heterocycles. The van der Waals surface area contributed by atoms with Gasteiger partial charge in [0.25, 0.3) is 0 Å².